The monoisotopic (exact) mass is 168 g/mol. The molecule has 12 heavy (non-hydrogen) atoms. The first-order chi connectivity index (χ1) is 5.52. The molecule has 0 aromatic heterocycles. The zero-order valence-corrected chi connectivity index (χ0v) is 8.02. The molecule has 0 saturated carbocycles. The summed E-state index contributed by atoms with van der Waals surface area (Å²) in [6, 6.07) is 0. The van der Waals surface area contributed by atoms with E-state index in [2.05, 4.69) is 0 Å². The summed E-state index contributed by atoms with van der Waals surface area (Å²) in [5.41, 5.74) is 1.06. The van der Waals surface area contributed by atoms with Crippen molar-refractivity contribution in [2.45, 2.75) is 40.0 Å². The fourth-order valence-electron chi connectivity index (χ4n) is 1.04. The molecule has 0 unspecified atom stereocenters. The van der Waals surface area contributed by atoms with E-state index in [1.54, 1.807) is 13.0 Å². The number of allylic oxidation sites excluding steroid dienone is 2. The molecule has 0 heterocycles. The van der Waals surface area contributed by atoms with Crippen molar-refractivity contribution in [3.8, 4) is 0 Å². The van der Waals surface area contributed by atoms with Crippen LogP contribution in [0.5, 0.6) is 0 Å². The van der Waals surface area contributed by atoms with Gasteiger partial charge >= 0.3 is 0 Å². The van der Waals surface area contributed by atoms with E-state index in [9.17, 15) is 9.59 Å². The largest absolute Gasteiger partial charge is 0.300 e. The molecule has 0 N–H and O–H groups in total. The van der Waals surface area contributed by atoms with E-state index >= 15 is 0 Å². The zero-order chi connectivity index (χ0) is 9.56. The number of rotatable bonds is 5. The van der Waals surface area contributed by atoms with E-state index in [4.69, 9.17) is 0 Å². The van der Waals surface area contributed by atoms with Crippen LogP contribution in [0.4, 0.5) is 0 Å². The van der Waals surface area contributed by atoms with Crippen molar-refractivity contribution in [2.75, 3.05) is 0 Å². The van der Waals surface area contributed by atoms with Crippen LogP contribution in [0, 0.1) is 0 Å². The second-order valence-corrected chi connectivity index (χ2v) is 3.16. The molecule has 0 radical (unpaired) electrons. The molecule has 0 aromatic rings. The second kappa shape index (κ2) is 5.70. The molecule has 0 aliphatic heterocycles. The quantitative estimate of drug-likeness (QED) is 0.590. The molecule has 0 aliphatic carbocycles. The van der Waals surface area contributed by atoms with Crippen LogP contribution in [-0.4, -0.2) is 11.6 Å². The van der Waals surface area contributed by atoms with Crippen LogP contribution in [0.15, 0.2) is 11.6 Å². The van der Waals surface area contributed by atoms with Crippen molar-refractivity contribution in [3.05, 3.63) is 11.6 Å². The molecule has 0 fully saturated rings. The minimum absolute atomic E-state index is 0.0790. The molecule has 2 nitrogen and oxygen atoms in total. The average Bonchev–Trinajstić information content (AvgIpc) is 1.84. The minimum atomic E-state index is 0.0790. The summed E-state index contributed by atoms with van der Waals surface area (Å²) in [7, 11) is 0. The lowest BCUT2D eigenvalue weighted by Gasteiger charge is -1.97. The van der Waals surface area contributed by atoms with Gasteiger partial charge in [0.1, 0.15) is 5.78 Å². The summed E-state index contributed by atoms with van der Waals surface area (Å²) >= 11 is 0. The Kier molecular flexibility index (Phi) is 5.26. The van der Waals surface area contributed by atoms with Crippen molar-refractivity contribution in [2.24, 2.45) is 0 Å². The predicted octanol–water partition coefficient (Wildman–Crippen LogP) is 2.28. The maximum Gasteiger partial charge on any atom is 0.152 e. The fraction of sp³-hybridized carbons (Fsp3) is 0.600. The van der Waals surface area contributed by atoms with Crippen molar-refractivity contribution in [1.82, 2.24) is 0 Å². The highest BCUT2D eigenvalue weighted by molar-refractivity contribution is 5.87. The molecular weight excluding hydrogens is 152 g/mol. The minimum Gasteiger partial charge on any atom is -0.300 e. The third kappa shape index (κ3) is 7.19. The van der Waals surface area contributed by atoms with Gasteiger partial charge in [-0.3, -0.25) is 4.79 Å². The number of carbonyl (C=O) groups is 2. The van der Waals surface area contributed by atoms with Crippen molar-refractivity contribution >= 4 is 11.6 Å². The van der Waals surface area contributed by atoms with E-state index in [1.165, 1.54) is 6.92 Å². The predicted molar refractivity (Wildman–Crippen MR) is 49.0 cm³/mol. The molecule has 0 bridgehead atoms. The molecule has 2 heteroatoms. The van der Waals surface area contributed by atoms with Gasteiger partial charge in [0, 0.05) is 6.42 Å². The first kappa shape index (κ1) is 11.1. The third-order valence-electron chi connectivity index (χ3n) is 1.55. The number of carbonyl (C=O) groups excluding carboxylic acids is 2. The molecule has 0 amide bonds. The van der Waals surface area contributed by atoms with Crippen LogP contribution in [0.3, 0.4) is 0 Å². The maximum atomic E-state index is 10.6. The van der Waals surface area contributed by atoms with Gasteiger partial charge in [0.25, 0.3) is 0 Å². The van der Waals surface area contributed by atoms with Gasteiger partial charge in [-0.25, -0.2) is 0 Å². The highest BCUT2D eigenvalue weighted by atomic mass is 16.1. The standard InChI is InChI=1S/C10H16O2/c1-8(7-10(3)12)5-4-6-9(2)11/h7H,4-6H2,1-3H3/b8-7+. The van der Waals surface area contributed by atoms with Crippen LogP contribution in [0.1, 0.15) is 40.0 Å². The summed E-state index contributed by atoms with van der Waals surface area (Å²) < 4.78 is 0. The molecular formula is C10H16O2. The second-order valence-electron chi connectivity index (χ2n) is 3.16. The van der Waals surface area contributed by atoms with Gasteiger partial charge in [0.05, 0.1) is 0 Å². The summed E-state index contributed by atoms with van der Waals surface area (Å²) in [4.78, 5) is 21.2. The highest BCUT2D eigenvalue weighted by Crippen LogP contribution is 2.06. The Hall–Kier alpha value is -0.920. The molecule has 0 atom stereocenters. The number of ketones is 2. The topological polar surface area (TPSA) is 34.1 Å². The van der Waals surface area contributed by atoms with Crippen LogP contribution in [-0.2, 0) is 9.59 Å². The number of hydrogen-bond acceptors (Lipinski definition) is 2. The Morgan fingerprint density at radius 1 is 1.08 bits per heavy atom. The Balaban J connectivity index is 3.64. The van der Waals surface area contributed by atoms with Crippen LogP contribution in [0.25, 0.3) is 0 Å². The van der Waals surface area contributed by atoms with Crippen LogP contribution in [0.2, 0.25) is 0 Å². The maximum absolute atomic E-state index is 10.6. The average molecular weight is 168 g/mol. The fourth-order valence-corrected chi connectivity index (χ4v) is 1.04. The molecule has 0 aliphatic rings. The smallest absolute Gasteiger partial charge is 0.152 e. The van der Waals surface area contributed by atoms with Gasteiger partial charge < -0.3 is 4.79 Å². The van der Waals surface area contributed by atoms with Gasteiger partial charge in [-0.15, -0.1) is 0 Å². The first-order valence-corrected chi connectivity index (χ1v) is 4.19. The highest BCUT2D eigenvalue weighted by Gasteiger charge is 1.95. The van der Waals surface area contributed by atoms with Crippen LogP contribution >= 0.6 is 0 Å². The molecule has 68 valence electrons. The number of hydrogen-bond donors (Lipinski definition) is 0. The lowest BCUT2D eigenvalue weighted by molar-refractivity contribution is -0.117. The van der Waals surface area contributed by atoms with Gasteiger partial charge in [0.15, 0.2) is 5.78 Å². The van der Waals surface area contributed by atoms with Crippen LogP contribution < -0.4 is 0 Å². The van der Waals surface area contributed by atoms with Gasteiger partial charge in [-0.05, 0) is 39.7 Å². The molecule has 0 aromatic carbocycles. The van der Waals surface area contributed by atoms with Crippen molar-refractivity contribution in [1.29, 1.82) is 0 Å². The summed E-state index contributed by atoms with van der Waals surface area (Å²) in [6.45, 7) is 5.04. The Morgan fingerprint density at radius 2 is 1.67 bits per heavy atom. The lowest BCUT2D eigenvalue weighted by atomic mass is 10.1. The van der Waals surface area contributed by atoms with Gasteiger partial charge in [0.2, 0.25) is 0 Å². The van der Waals surface area contributed by atoms with Crippen molar-refractivity contribution < 1.29 is 9.59 Å². The molecule has 0 saturated heterocycles. The van der Waals surface area contributed by atoms with E-state index in [0.29, 0.717) is 6.42 Å². The number of Topliss-reactive ketones (excluding diaryl/α,β-unsaturated/α-hetero) is 1. The van der Waals surface area contributed by atoms with E-state index < -0.39 is 0 Å². The van der Waals surface area contributed by atoms with E-state index in [0.717, 1.165) is 18.4 Å². The Morgan fingerprint density at radius 3 is 2.08 bits per heavy atom. The lowest BCUT2D eigenvalue weighted by Crippen LogP contribution is -1.91. The first-order valence-electron chi connectivity index (χ1n) is 4.19. The SMILES string of the molecule is CC(=O)/C=C(\C)CCCC(C)=O. The summed E-state index contributed by atoms with van der Waals surface area (Å²) in [5, 5.41) is 0. The molecule has 0 spiro atoms. The summed E-state index contributed by atoms with van der Waals surface area (Å²) in [6.07, 6.45) is 3.94. The Labute approximate surface area is 73.7 Å². The van der Waals surface area contributed by atoms with Crippen molar-refractivity contribution in [3.63, 3.8) is 0 Å². The van der Waals surface area contributed by atoms with Gasteiger partial charge in [-0.1, -0.05) is 5.57 Å². The summed E-state index contributed by atoms with van der Waals surface area (Å²) in [5.74, 6) is 0.293. The Bertz CT molecular complexity index is 202. The van der Waals surface area contributed by atoms with E-state index in [-0.39, 0.29) is 11.6 Å². The van der Waals surface area contributed by atoms with Gasteiger partial charge in [-0.2, -0.15) is 0 Å². The molecule has 0 rings (SSSR count). The normalized spacial score (nSPS) is 11.4. The zero-order valence-electron chi connectivity index (χ0n) is 8.02. The third-order valence-corrected chi connectivity index (χ3v) is 1.55. The van der Waals surface area contributed by atoms with E-state index in [1.807, 2.05) is 6.92 Å².